The second-order valence-corrected chi connectivity index (χ2v) is 6.02. The van der Waals surface area contributed by atoms with Crippen LogP contribution in [-0.2, 0) is 13.0 Å². The Bertz CT molecular complexity index is 855. The highest BCUT2D eigenvalue weighted by Gasteiger charge is 2.23. The zero-order valence-corrected chi connectivity index (χ0v) is 13.2. The summed E-state index contributed by atoms with van der Waals surface area (Å²) >= 11 is 6.37. The van der Waals surface area contributed by atoms with Gasteiger partial charge in [0.05, 0.1) is 22.1 Å². The molecule has 0 atom stereocenters. The van der Waals surface area contributed by atoms with Crippen molar-refractivity contribution in [1.29, 1.82) is 0 Å². The quantitative estimate of drug-likeness (QED) is 0.757. The molecule has 1 aliphatic heterocycles. The van der Waals surface area contributed by atoms with E-state index < -0.39 is 0 Å². The number of phenols is 1. The predicted molar refractivity (Wildman–Crippen MR) is 91.1 cm³/mol. The number of aromatic nitrogens is 2. The van der Waals surface area contributed by atoms with Crippen molar-refractivity contribution in [3.63, 3.8) is 0 Å². The number of hydrogen-bond donors (Lipinski definition) is 2. The van der Waals surface area contributed by atoms with E-state index in [0.29, 0.717) is 5.02 Å². The fourth-order valence-corrected chi connectivity index (χ4v) is 3.24. The summed E-state index contributed by atoms with van der Waals surface area (Å²) in [5, 5.41) is 18.4. The Morgan fingerprint density at radius 1 is 1.09 bits per heavy atom. The molecule has 23 heavy (non-hydrogen) atoms. The third-order valence-corrected chi connectivity index (χ3v) is 4.47. The van der Waals surface area contributed by atoms with E-state index in [9.17, 15) is 5.11 Å². The van der Waals surface area contributed by atoms with E-state index in [4.69, 9.17) is 16.7 Å². The molecule has 116 valence electrons. The highest BCUT2D eigenvalue weighted by atomic mass is 35.5. The molecule has 4 rings (SSSR count). The molecule has 4 nitrogen and oxygen atoms in total. The minimum absolute atomic E-state index is 0.256. The van der Waals surface area contributed by atoms with Crippen molar-refractivity contribution in [2.45, 2.75) is 13.0 Å². The Morgan fingerprint density at radius 2 is 1.87 bits per heavy atom. The summed E-state index contributed by atoms with van der Waals surface area (Å²) in [6.45, 7) is 1.72. The lowest BCUT2D eigenvalue weighted by molar-refractivity contribution is 0.475. The molecule has 2 N–H and O–H groups in total. The lowest BCUT2D eigenvalue weighted by Crippen LogP contribution is -2.24. The van der Waals surface area contributed by atoms with Crippen LogP contribution in [0.4, 0.5) is 0 Å². The van der Waals surface area contributed by atoms with E-state index in [1.807, 2.05) is 41.1 Å². The summed E-state index contributed by atoms with van der Waals surface area (Å²) in [5.41, 5.74) is 5.22. The molecule has 2 aromatic carbocycles. The van der Waals surface area contributed by atoms with Crippen molar-refractivity contribution in [3.05, 3.63) is 64.8 Å². The lowest BCUT2D eigenvalue weighted by Gasteiger charge is -2.16. The molecule has 0 fully saturated rings. The predicted octanol–water partition coefficient (Wildman–Crippen LogP) is 3.54. The van der Waals surface area contributed by atoms with Crippen LogP contribution in [0.2, 0.25) is 5.02 Å². The average molecular weight is 326 g/mol. The zero-order chi connectivity index (χ0) is 15.8. The Morgan fingerprint density at radius 3 is 2.65 bits per heavy atom. The van der Waals surface area contributed by atoms with Gasteiger partial charge in [-0.2, -0.15) is 5.10 Å². The van der Waals surface area contributed by atoms with Gasteiger partial charge in [-0.05, 0) is 36.4 Å². The number of halogens is 1. The van der Waals surface area contributed by atoms with E-state index in [2.05, 4.69) is 5.32 Å². The van der Waals surface area contributed by atoms with E-state index in [0.717, 1.165) is 36.5 Å². The first-order chi connectivity index (χ1) is 11.2. The summed E-state index contributed by atoms with van der Waals surface area (Å²) in [4.78, 5) is 0. The van der Waals surface area contributed by atoms with Gasteiger partial charge in [-0.3, -0.25) is 0 Å². The van der Waals surface area contributed by atoms with Crippen LogP contribution in [0, 0.1) is 0 Å². The van der Waals surface area contributed by atoms with E-state index in [-0.39, 0.29) is 5.75 Å². The van der Waals surface area contributed by atoms with Crippen molar-refractivity contribution < 1.29 is 5.11 Å². The molecule has 0 saturated heterocycles. The standard InChI is InChI=1S/C18H16ClN3O/c19-15-3-1-2-4-17(15)22-16-9-10-20-11-14(16)18(21-22)12-5-7-13(23)8-6-12/h1-8,20,23H,9-11H2. The summed E-state index contributed by atoms with van der Waals surface area (Å²) in [7, 11) is 0. The van der Waals surface area contributed by atoms with Crippen molar-refractivity contribution in [1.82, 2.24) is 15.1 Å². The summed E-state index contributed by atoms with van der Waals surface area (Å²) in [6.07, 6.45) is 0.908. The van der Waals surface area contributed by atoms with Crippen LogP contribution in [0.15, 0.2) is 48.5 Å². The van der Waals surface area contributed by atoms with Gasteiger partial charge in [0, 0.05) is 30.6 Å². The number of aromatic hydroxyl groups is 1. The van der Waals surface area contributed by atoms with E-state index in [1.165, 1.54) is 11.3 Å². The Labute approximate surface area is 139 Å². The largest absolute Gasteiger partial charge is 0.508 e. The zero-order valence-electron chi connectivity index (χ0n) is 12.5. The number of nitrogens with one attached hydrogen (secondary N) is 1. The maximum absolute atomic E-state index is 9.51. The normalized spacial score (nSPS) is 13.8. The number of para-hydroxylation sites is 1. The first-order valence-corrected chi connectivity index (χ1v) is 7.97. The van der Waals surface area contributed by atoms with Crippen LogP contribution < -0.4 is 5.32 Å². The van der Waals surface area contributed by atoms with Gasteiger partial charge in [0.15, 0.2) is 0 Å². The van der Waals surface area contributed by atoms with Crippen LogP contribution in [-0.4, -0.2) is 21.4 Å². The van der Waals surface area contributed by atoms with Gasteiger partial charge in [0.2, 0.25) is 0 Å². The number of fused-ring (bicyclic) bond motifs is 1. The number of nitrogens with zero attached hydrogens (tertiary/aromatic N) is 2. The van der Waals surface area contributed by atoms with Crippen LogP contribution in [0.1, 0.15) is 11.3 Å². The highest BCUT2D eigenvalue weighted by Crippen LogP contribution is 2.32. The second kappa shape index (κ2) is 5.72. The molecular formula is C18H16ClN3O. The van der Waals surface area contributed by atoms with Crippen LogP contribution in [0.25, 0.3) is 16.9 Å². The number of rotatable bonds is 2. The summed E-state index contributed by atoms with van der Waals surface area (Å²) in [5.74, 6) is 0.256. The van der Waals surface area contributed by atoms with Crippen molar-refractivity contribution in [2.24, 2.45) is 0 Å². The Balaban J connectivity index is 1.92. The number of benzene rings is 2. The Hall–Kier alpha value is -2.30. The molecular weight excluding hydrogens is 310 g/mol. The molecule has 0 amide bonds. The molecule has 0 saturated carbocycles. The minimum atomic E-state index is 0.256. The minimum Gasteiger partial charge on any atom is -0.508 e. The molecule has 0 aliphatic carbocycles. The molecule has 0 radical (unpaired) electrons. The third-order valence-electron chi connectivity index (χ3n) is 4.15. The highest BCUT2D eigenvalue weighted by molar-refractivity contribution is 6.32. The van der Waals surface area contributed by atoms with Gasteiger partial charge >= 0.3 is 0 Å². The van der Waals surface area contributed by atoms with Gasteiger partial charge in [0.1, 0.15) is 5.75 Å². The lowest BCUT2D eigenvalue weighted by atomic mass is 10.0. The van der Waals surface area contributed by atoms with Gasteiger partial charge in [0.25, 0.3) is 0 Å². The van der Waals surface area contributed by atoms with E-state index in [1.54, 1.807) is 12.1 Å². The summed E-state index contributed by atoms with van der Waals surface area (Å²) in [6, 6.07) is 14.9. The second-order valence-electron chi connectivity index (χ2n) is 5.61. The summed E-state index contributed by atoms with van der Waals surface area (Å²) < 4.78 is 1.96. The maximum Gasteiger partial charge on any atom is 0.115 e. The third kappa shape index (κ3) is 2.50. The first-order valence-electron chi connectivity index (χ1n) is 7.60. The molecule has 0 unspecified atom stereocenters. The van der Waals surface area contributed by atoms with Gasteiger partial charge in [-0.1, -0.05) is 23.7 Å². The van der Waals surface area contributed by atoms with Gasteiger partial charge < -0.3 is 10.4 Å². The Kier molecular flexibility index (Phi) is 3.56. The fraction of sp³-hybridized carbons (Fsp3) is 0.167. The number of hydrogen-bond acceptors (Lipinski definition) is 3. The topological polar surface area (TPSA) is 50.1 Å². The van der Waals surface area contributed by atoms with Crippen LogP contribution in [0.3, 0.4) is 0 Å². The fourth-order valence-electron chi connectivity index (χ4n) is 3.02. The first kappa shape index (κ1) is 14.3. The SMILES string of the molecule is Oc1ccc(-c2nn(-c3ccccc3Cl)c3c2CNCC3)cc1. The number of phenolic OH excluding ortho intramolecular Hbond substituents is 1. The van der Waals surface area contributed by atoms with Crippen molar-refractivity contribution >= 4 is 11.6 Å². The molecule has 3 aromatic rings. The van der Waals surface area contributed by atoms with Crippen LogP contribution in [0.5, 0.6) is 5.75 Å². The molecule has 1 aromatic heterocycles. The molecule has 2 heterocycles. The van der Waals surface area contributed by atoms with Gasteiger partial charge in [-0.15, -0.1) is 0 Å². The molecule has 5 heteroatoms. The van der Waals surface area contributed by atoms with E-state index >= 15 is 0 Å². The smallest absolute Gasteiger partial charge is 0.115 e. The monoisotopic (exact) mass is 325 g/mol. The van der Waals surface area contributed by atoms with Gasteiger partial charge in [-0.25, -0.2) is 4.68 Å². The maximum atomic E-state index is 9.51. The molecule has 0 spiro atoms. The van der Waals surface area contributed by atoms with Crippen LogP contribution >= 0.6 is 11.6 Å². The molecule has 1 aliphatic rings. The molecule has 0 bridgehead atoms. The van der Waals surface area contributed by atoms with Crippen molar-refractivity contribution in [2.75, 3.05) is 6.54 Å². The average Bonchev–Trinajstić information content (AvgIpc) is 2.96. The van der Waals surface area contributed by atoms with Crippen molar-refractivity contribution in [3.8, 4) is 22.7 Å².